The number of fused-ring (bicyclic) bond motifs is 1. The zero-order valence-corrected chi connectivity index (χ0v) is 10.9. The van der Waals surface area contributed by atoms with Gasteiger partial charge in [0.1, 0.15) is 5.65 Å². The third-order valence-electron chi connectivity index (χ3n) is 3.17. The highest BCUT2D eigenvalue weighted by atomic mass is 16.3. The fourth-order valence-electron chi connectivity index (χ4n) is 2.29. The zero-order chi connectivity index (χ0) is 13.4. The minimum Gasteiger partial charge on any atom is -0.387 e. The standard InChI is InChI=1S/C15H15N3O/c1-10-5-8-18-13(9-10)17-14(15(18)11(2)19)12-3-6-16-7-4-12/h3-9,11,19H,1-2H3. The largest absolute Gasteiger partial charge is 0.387 e. The molecule has 96 valence electrons. The number of aryl methyl sites for hydroxylation is 1. The summed E-state index contributed by atoms with van der Waals surface area (Å²) in [5.74, 6) is 0. The lowest BCUT2D eigenvalue weighted by atomic mass is 10.1. The van der Waals surface area contributed by atoms with Crippen molar-refractivity contribution in [2.24, 2.45) is 0 Å². The molecule has 3 rings (SSSR count). The third-order valence-corrected chi connectivity index (χ3v) is 3.17. The monoisotopic (exact) mass is 253 g/mol. The molecular weight excluding hydrogens is 238 g/mol. The molecule has 1 N–H and O–H groups in total. The van der Waals surface area contributed by atoms with Gasteiger partial charge in [-0.3, -0.25) is 4.98 Å². The molecule has 19 heavy (non-hydrogen) atoms. The van der Waals surface area contributed by atoms with Crippen LogP contribution in [0.25, 0.3) is 16.9 Å². The molecule has 4 heteroatoms. The van der Waals surface area contributed by atoms with Crippen LogP contribution < -0.4 is 0 Å². The summed E-state index contributed by atoms with van der Waals surface area (Å²) < 4.78 is 1.94. The summed E-state index contributed by atoms with van der Waals surface area (Å²) >= 11 is 0. The maximum absolute atomic E-state index is 10.0. The molecule has 0 radical (unpaired) electrons. The van der Waals surface area contributed by atoms with Gasteiger partial charge in [-0.1, -0.05) is 0 Å². The van der Waals surface area contributed by atoms with Crippen molar-refractivity contribution in [1.82, 2.24) is 14.4 Å². The van der Waals surface area contributed by atoms with Gasteiger partial charge in [0.2, 0.25) is 0 Å². The predicted molar refractivity (Wildman–Crippen MR) is 73.8 cm³/mol. The Bertz CT molecular complexity index is 717. The molecule has 0 aromatic carbocycles. The van der Waals surface area contributed by atoms with Crippen LogP contribution in [0.3, 0.4) is 0 Å². The lowest BCUT2D eigenvalue weighted by Crippen LogP contribution is -1.99. The Morgan fingerprint density at radius 3 is 2.63 bits per heavy atom. The molecule has 0 aliphatic rings. The number of aromatic nitrogens is 3. The smallest absolute Gasteiger partial charge is 0.138 e. The summed E-state index contributed by atoms with van der Waals surface area (Å²) in [4.78, 5) is 8.66. The molecule has 0 saturated heterocycles. The summed E-state index contributed by atoms with van der Waals surface area (Å²) in [6, 6.07) is 7.83. The maximum Gasteiger partial charge on any atom is 0.138 e. The number of aliphatic hydroxyl groups is 1. The fraction of sp³-hybridized carbons (Fsp3) is 0.200. The van der Waals surface area contributed by atoms with Crippen LogP contribution in [-0.4, -0.2) is 19.5 Å². The highest BCUT2D eigenvalue weighted by molar-refractivity contribution is 5.66. The van der Waals surface area contributed by atoms with Gasteiger partial charge in [-0.05, 0) is 43.7 Å². The van der Waals surface area contributed by atoms with Crippen molar-refractivity contribution in [3.8, 4) is 11.3 Å². The molecule has 0 aliphatic heterocycles. The van der Waals surface area contributed by atoms with E-state index in [9.17, 15) is 5.11 Å². The van der Waals surface area contributed by atoms with Gasteiger partial charge in [-0.25, -0.2) is 4.98 Å². The number of hydrogen-bond donors (Lipinski definition) is 1. The number of aliphatic hydroxyl groups excluding tert-OH is 1. The molecule has 1 atom stereocenters. The number of rotatable bonds is 2. The number of hydrogen-bond acceptors (Lipinski definition) is 3. The van der Waals surface area contributed by atoms with Crippen molar-refractivity contribution in [3.05, 3.63) is 54.1 Å². The topological polar surface area (TPSA) is 50.4 Å². The number of imidazole rings is 1. The van der Waals surface area contributed by atoms with Crippen LogP contribution in [0.15, 0.2) is 42.9 Å². The van der Waals surface area contributed by atoms with Crippen molar-refractivity contribution in [2.75, 3.05) is 0 Å². The van der Waals surface area contributed by atoms with E-state index in [1.165, 1.54) is 0 Å². The van der Waals surface area contributed by atoms with Crippen molar-refractivity contribution >= 4 is 5.65 Å². The van der Waals surface area contributed by atoms with E-state index >= 15 is 0 Å². The van der Waals surface area contributed by atoms with Gasteiger partial charge >= 0.3 is 0 Å². The van der Waals surface area contributed by atoms with Gasteiger partial charge < -0.3 is 9.51 Å². The third kappa shape index (κ3) is 2.00. The van der Waals surface area contributed by atoms with E-state index in [0.717, 1.165) is 28.2 Å². The summed E-state index contributed by atoms with van der Waals surface area (Å²) in [6.45, 7) is 3.79. The molecule has 0 fully saturated rings. The van der Waals surface area contributed by atoms with Gasteiger partial charge in [0.15, 0.2) is 0 Å². The molecule has 1 unspecified atom stereocenters. The van der Waals surface area contributed by atoms with Crippen LogP contribution in [-0.2, 0) is 0 Å². The van der Waals surface area contributed by atoms with E-state index in [4.69, 9.17) is 0 Å². The normalized spacial score (nSPS) is 12.8. The Morgan fingerprint density at radius 2 is 1.95 bits per heavy atom. The first-order valence-electron chi connectivity index (χ1n) is 6.24. The maximum atomic E-state index is 10.0. The van der Waals surface area contributed by atoms with Crippen LogP contribution >= 0.6 is 0 Å². The first-order valence-corrected chi connectivity index (χ1v) is 6.24. The summed E-state index contributed by atoms with van der Waals surface area (Å²) in [5, 5.41) is 10.0. The summed E-state index contributed by atoms with van der Waals surface area (Å²) in [7, 11) is 0. The molecule has 3 heterocycles. The van der Waals surface area contributed by atoms with E-state index in [-0.39, 0.29) is 0 Å². The van der Waals surface area contributed by atoms with Gasteiger partial charge in [-0.15, -0.1) is 0 Å². The number of nitrogens with zero attached hydrogens (tertiary/aromatic N) is 3. The Labute approximate surface area is 111 Å². The quantitative estimate of drug-likeness (QED) is 0.764. The molecular formula is C15H15N3O. The average molecular weight is 253 g/mol. The molecule has 0 bridgehead atoms. The Hall–Kier alpha value is -2.20. The van der Waals surface area contributed by atoms with E-state index < -0.39 is 6.10 Å². The summed E-state index contributed by atoms with van der Waals surface area (Å²) in [5.41, 5.74) is 4.58. The van der Waals surface area contributed by atoms with Crippen molar-refractivity contribution in [1.29, 1.82) is 0 Å². The molecule has 0 amide bonds. The second kappa shape index (κ2) is 4.48. The molecule has 3 aromatic heterocycles. The van der Waals surface area contributed by atoms with Crippen molar-refractivity contribution < 1.29 is 5.11 Å². The predicted octanol–water partition coefficient (Wildman–Crippen LogP) is 2.76. The minimum atomic E-state index is -0.583. The number of pyridine rings is 2. The highest BCUT2D eigenvalue weighted by Gasteiger charge is 2.17. The van der Waals surface area contributed by atoms with Crippen molar-refractivity contribution in [2.45, 2.75) is 20.0 Å². The van der Waals surface area contributed by atoms with E-state index in [2.05, 4.69) is 9.97 Å². The minimum absolute atomic E-state index is 0.583. The Morgan fingerprint density at radius 1 is 1.21 bits per heavy atom. The molecule has 0 aliphatic carbocycles. The van der Waals surface area contributed by atoms with Crippen LogP contribution in [0.4, 0.5) is 0 Å². The average Bonchev–Trinajstić information content (AvgIpc) is 2.78. The SMILES string of the molecule is Cc1ccn2c(C(C)O)c(-c3ccncc3)nc2c1. The van der Waals surface area contributed by atoms with E-state index in [1.807, 2.05) is 41.8 Å². The van der Waals surface area contributed by atoms with Gasteiger partial charge in [-0.2, -0.15) is 0 Å². The molecule has 0 spiro atoms. The molecule has 4 nitrogen and oxygen atoms in total. The summed E-state index contributed by atoms with van der Waals surface area (Å²) in [6.07, 6.45) is 4.83. The van der Waals surface area contributed by atoms with Gasteiger partial charge in [0, 0.05) is 24.2 Å². The van der Waals surface area contributed by atoms with Gasteiger partial charge in [0.05, 0.1) is 17.5 Å². The lowest BCUT2D eigenvalue weighted by molar-refractivity contribution is 0.194. The van der Waals surface area contributed by atoms with Crippen molar-refractivity contribution in [3.63, 3.8) is 0 Å². The van der Waals surface area contributed by atoms with Crippen LogP contribution in [0, 0.1) is 6.92 Å². The molecule has 0 saturated carbocycles. The molecule has 3 aromatic rings. The fourth-order valence-corrected chi connectivity index (χ4v) is 2.29. The van der Waals surface area contributed by atoms with E-state index in [0.29, 0.717) is 0 Å². The Kier molecular flexibility index (Phi) is 2.80. The van der Waals surface area contributed by atoms with Crippen LogP contribution in [0.1, 0.15) is 24.3 Å². The Balaban J connectivity index is 2.32. The second-order valence-corrected chi connectivity index (χ2v) is 4.69. The van der Waals surface area contributed by atoms with Gasteiger partial charge in [0.25, 0.3) is 0 Å². The van der Waals surface area contributed by atoms with Crippen LogP contribution in [0.2, 0.25) is 0 Å². The lowest BCUT2D eigenvalue weighted by Gasteiger charge is -2.07. The first kappa shape index (κ1) is 11.9. The highest BCUT2D eigenvalue weighted by Crippen LogP contribution is 2.28. The second-order valence-electron chi connectivity index (χ2n) is 4.69. The zero-order valence-electron chi connectivity index (χ0n) is 10.9. The van der Waals surface area contributed by atoms with Crippen LogP contribution in [0.5, 0.6) is 0 Å². The first-order chi connectivity index (χ1) is 9.16. The van der Waals surface area contributed by atoms with E-state index in [1.54, 1.807) is 19.3 Å².